The van der Waals surface area contributed by atoms with E-state index >= 15 is 0 Å². The summed E-state index contributed by atoms with van der Waals surface area (Å²) < 4.78 is 30.9. The lowest BCUT2D eigenvalue weighted by Crippen LogP contribution is -2.19. The van der Waals surface area contributed by atoms with Crippen molar-refractivity contribution >= 4 is 0 Å². The van der Waals surface area contributed by atoms with Crippen LogP contribution in [0.3, 0.4) is 0 Å². The predicted octanol–water partition coefficient (Wildman–Crippen LogP) is 3.53. The number of hydrogen-bond acceptors (Lipinski definition) is 2. The summed E-state index contributed by atoms with van der Waals surface area (Å²) in [6.07, 6.45) is -2.61. The maximum absolute atomic E-state index is 12.7. The molecule has 0 aliphatic rings. The van der Waals surface area contributed by atoms with Gasteiger partial charge in [-0.2, -0.15) is 0 Å². The highest BCUT2D eigenvalue weighted by Gasteiger charge is 2.20. The van der Waals surface area contributed by atoms with Crippen LogP contribution in [0.15, 0.2) is 54.6 Å². The van der Waals surface area contributed by atoms with Crippen LogP contribution >= 0.6 is 0 Å². The van der Waals surface area contributed by atoms with Crippen LogP contribution in [0.5, 0.6) is 5.75 Å². The third-order valence-corrected chi connectivity index (χ3v) is 2.79. The summed E-state index contributed by atoms with van der Waals surface area (Å²) in [6, 6.07) is 14.8. The van der Waals surface area contributed by atoms with Gasteiger partial charge in [0.05, 0.1) is 6.04 Å². The van der Waals surface area contributed by atoms with E-state index in [0.717, 1.165) is 5.56 Å². The molecule has 0 radical (unpaired) electrons. The fourth-order valence-corrected chi connectivity index (χ4v) is 1.76. The normalized spacial score (nSPS) is 12.4. The fraction of sp³-hybridized carbons (Fsp3) is 0.200. The van der Waals surface area contributed by atoms with Gasteiger partial charge in [0.15, 0.2) is 0 Å². The third-order valence-electron chi connectivity index (χ3n) is 2.79. The lowest BCUT2D eigenvalue weighted by molar-refractivity contribution is 0.114. The molecular weight excluding hydrogens is 248 g/mol. The minimum atomic E-state index is -2.61. The number of rotatable bonds is 5. The summed E-state index contributed by atoms with van der Waals surface area (Å²) >= 11 is 0. The number of nitrogens with two attached hydrogens (primary N) is 1. The molecule has 19 heavy (non-hydrogen) atoms. The van der Waals surface area contributed by atoms with Gasteiger partial charge in [0, 0.05) is 5.56 Å². The molecule has 100 valence electrons. The third kappa shape index (κ3) is 3.51. The van der Waals surface area contributed by atoms with Crippen molar-refractivity contribution < 1.29 is 13.5 Å². The van der Waals surface area contributed by atoms with E-state index in [9.17, 15) is 8.78 Å². The van der Waals surface area contributed by atoms with Crippen molar-refractivity contribution in [3.8, 4) is 5.75 Å². The van der Waals surface area contributed by atoms with Gasteiger partial charge in [-0.3, -0.25) is 0 Å². The Hall–Kier alpha value is -1.94. The molecule has 2 rings (SSSR count). The van der Waals surface area contributed by atoms with Crippen LogP contribution in [-0.4, -0.2) is 6.43 Å². The van der Waals surface area contributed by atoms with Crippen molar-refractivity contribution in [1.29, 1.82) is 0 Å². The molecule has 2 aromatic carbocycles. The number of halogens is 2. The van der Waals surface area contributed by atoms with E-state index < -0.39 is 12.5 Å². The highest BCUT2D eigenvalue weighted by molar-refractivity contribution is 5.36. The first-order valence-corrected chi connectivity index (χ1v) is 5.98. The standard InChI is InChI=1S/C15H15F2NO/c16-15(17)14(18)12-8-4-5-9-13(12)19-10-11-6-2-1-3-7-11/h1-9,14-15H,10,18H2/t14-/m1/s1. The highest BCUT2D eigenvalue weighted by Crippen LogP contribution is 2.28. The van der Waals surface area contributed by atoms with Crippen LogP contribution in [0, 0.1) is 0 Å². The maximum atomic E-state index is 12.7. The van der Waals surface area contributed by atoms with Gasteiger partial charge in [0.2, 0.25) is 0 Å². The van der Waals surface area contributed by atoms with E-state index in [1.165, 1.54) is 0 Å². The van der Waals surface area contributed by atoms with Crippen molar-refractivity contribution in [2.75, 3.05) is 0 Å². The van der Waals surface area contributed by atoms with Gasteiger partial charge in [-0.1, -0.05) is 48.5 Å². The molecule has 0 aromatic heterocycles. The monoisotopic (exact) mass is 263 g/mol. The zero-order chi connectivity index (χ0) is 13.7. The average Bonchev–Trinajstić information content (AvgIpc) is 2.45. The molecule has 0 saturated carbocycles. The second-order valence-corrected chi connectivity index (χ2v) is 4.17. The van der Waals surface area contributed by atoms with Crippen LogP contribution in [0.2, 0.25) is 0 Å². The topological polar surface area (TPSA) is 35.2 Å². The first kappa shape index (κ1) is 13.5. The molecule has 0 heterocycles. The zero-order valence-electron chi connectivity index (χ0n) is 10.3. The Morgan fingerprint density at radius 3 is 2.26 bits per heavy atom. The number of benzene rings is 2. The van der Waals surface area contributed by atoms with Crippen LogP contribution in [0.1, 0.15) is 17.2 Å². The molecule has 0 fully saturated rings. The van der Waals surface area contributed by atoms with Crippen molar-refractivity contribution in [3.63, 3.8) is 0 Å². The summed E-state index contributed by atoms with van der Waals surface area (Å²) in [5.41, 5.74) is 6.78. The first-order chi connectivity index (χ1) is 9.18. The van der Waals surface area contributed by atoms with E-state index in [4.69, 9.17) is 10.5 Å². The molecule has 0 saturated heterocycles. The number of hydrogen-bond donors (Lipinski definition) is 1. The second-order valence-electron chi connectivity index (χ2n) is 4.17. The molecular formula is C15H15F2NO. The Bertz CT molecular complexity index is 517. The Kier molecular flexibility index (Phi) is 4.47. The van der Waals surface area contributed by atoms with Crippen LogP contribution in [0.4, 0.5) is 8.78 Å². The summed E-state index contributed by atoms with van der Waals surface area (Å²) in [5.74, 6) is 0.402. The van der Waals surface area contributed by atoms with Crippen LogP contribution < -0.4 is 10.5 Å². The molecule has 0 amide bonds. The molecule has 0 spiro atoms. The molecule has 2 N–H and O–H groups in total. The van der Waals surface area contributed by atoms with E-state index in [1.807, 2.05) is 30.3 Å². The van der Waals surface area contributed by atoms with Gasteiger partial charge < -0.3 is 10.5 Å². The SMILES string of the molecule is N[C@H](c1ccccc1OCc1ccccc1)C(F)F. The summed E-state index contributed by atoms with van der Waals surface area (Å²) in [4.78, 5) is 0. The zero-order valence-corrected chi connectivity index (χ0v) is 10.3. The predicted molar refractivity (Wildman–Crippen MR) is 70.1 cm³/mol. The van der Waals surface area contributed by atoms with Crippen molar-refractivity contribution in [1.82, 2.24) is 0 Å². The second kappa shape index (κ2) is 6.29. The minimum Gasteiger partial charge on any atom is -0.489 e. The molecule has 0 aliphatic carbocycles. The molecule has 4 heteroatoms. The van der Waals surface area contributed by atoms with E-state index in [0.29, 0.717) is 17.9 Å². The van der Waals surface area contributed by atoms with E-state index in [2.05, 4.69) is 0 Å². The van der Waals surface area contributed by atoms with E-state index in [1.54, 1.807) is 24.3 Å². The molecule has 0 bridgehead atoms. The average molecular weight is 263 g/mol. The van der Waals surface area contributed by atoms with Gasteiger partial charge in [-0.25, -0.2) is 8.78 Å². The van der Waals surface area contributed by atoms with Crippen LogP contribution in [0.25, 0.3) is 0 Å². The lowest BCUT2D eigenvalue weighted by Gasteiger charge is -2.16. The smallest absolute Gasteiger partial charge is 0.257 e. The van der Waals surface area contributed by atoms with Crippen molar-refractivity contribution in [2.45, 2.75) is 19.1 Å². The molecule has 0 aliphatic heterocycles. The molecule has 2 aromatic rings. The Labute approximate surface area is 110 Å². The van der Waals surface area contributed by atoms with Gasteiger partial charge in [-0.05, 0) is 11.6 Å². The Morgan fingerprint density at radius 1 is 0.947 bits per heavy atom. The Morgan fingerprint density at radius 2 is 1.58 bits per heavy atom. The number of para-hydroxylation sites is 1. The maximum Gasteiger partial charge on any atom is 0.257 e. The largest absolute Gasteiger partial charge is 0.489 e. The van der Waals surface area contributed by atoms with Crippen LogP contribution in [-0.2, 0) is 6.61 Å². The summed E-state index contributed by atoms with van der Waals surface area (Å²) in [7, 11) is 0. The van der Waals surface area contributed by atoms with Gasteiger partial charge in [0.25, 0.3) is 6.43 Å². The van der Waals surface area contributed by atoms with Gasteiger partial charge >= 0.3 is 0 Å². The highest BCUT2D eigenvalue weighted by atomic mass is 19.3. The minimum absolute atomic E-state index is 0.327. The van der Waals surface area contributed by atoms with Gasteiger partial charge in [0.1, 0.15) is 12.4 Å². The summed E-state index contributed by atoms with van der Waals surface area (Å²) in [5, 5.41) is 0. The van der Waals surface area contributed by atoms with Gasteiger partial charge in [-0.15, -0.1) is 0 Å². The lowest BCUT2D eigenvalue weighted by atomic mass is 10.1. The molecule has 1 atom stereocenters. The number of ether oxygens (including phenoxy) is 1. The first-order valence-electron chi connectivity index (χ1n) is 5.98. The van der Waals surface area contributed by atoms with E-state index in [-0.39, 0.29) is 0 Å². The quantitative estimate of drug-likeness (QED) is 0.895. The Balaban J connectivity index is 2.12. The molecule has 2 nitrogen and oxygen atoms in total. The number of alkyl halides is 2. The fourth-order valence-electron chi connectivity index (χ4n) is 1.76. The summed E-state index contributed by atoms with van der Waals surface area (Å²) in [6.45, 7) is 0.327. The van der Waals surface area contributed by atoms with Crippen molar-refractivity contribution in [2.24, 2.45) is 5.73 Å². The van der Waals surface area contributed by atoms with Crippen molar-refractivity contribution in [3.05, 3.63) is 65.7 Å². The molecule has 0 unspecified atom stereocenters.